The second-order valence-electron chi connectivity index (χ2n) is 11.7. The fourth-order valence-corrected chi connectivity index (χ4v) is 5.04. The van der Waals surface area contributed by atoms with E-state index in [4.69, 9.17) is 4.74 Å². The van der Waals surface area contributed by atoms with E-state index in [0.717, 1.165) is 70.6 Å². The lowest BCUT2D eigenvalue weighted by atomic mass is 10.1. The zero-order valence-corrected chi connectivity index (χ0v) is 26.6. The predicted octanol–water partition coefficient (Wildman–Crippen LogP) is 10.3. The van der Waals surface area contributed by atoms with Crippen molar-refractivity contribution < 1.29 is 19.4 Å². The van der Waals surface area contributed by atoms with Crippen molar-refractivity contribution in [2.24, 2.45) is 0 Å². The fraction of sp³-hybridized carbons (Fsp3) is 0.833. The number of hydrogen-bond donors (Lipinski definition) is 0. The number of carbonyl (C=O) groups excluding carboxylic acids is 2. The molecule has 0 saturated carbocycles. The second kappa shape index (κ2) is 31.9. The van der Waals surface area contributed by atoms with E-state index < -0.39 is 5.97 Å². The molecule has 0 fully saturated rings. The van der Waals surface area contributed by atoms with Crippen LogP contribution in [0.4, 0.5) is 0 Å². The number of aliphatic carboxylic acids is 1. The molecule has 0 amide bonds. The van der Waals surface area contributed by atoms with Gasteiger partial charge in [-0.05, 0) is 70.6 Å². The molecule has 0 bridgehead atoms. The van der Waals surface area contributed by atoms with Gasteiger partial charge in [-0.25, -0.2) is 0 Å². The Morgan fingerprint density at radius 3 is 1.50 bits per heavy atom. The summed E-state index contributed by atoms with van der Waals surface area (Å²) in [7, 11) is 0. The van der Waals surface area contributed by atoms with Crippen molar-refractivity contribution in [2.75, 3.05) is 0 Å². The van der Waals surface area contributed by atoms with Gasteiger partial charge < -0.3 is 14.6 Å². The summed E-state index contributed by atoms with van der Waals surface area (Å²) in [5, 5.41) is 10.4. The third kappa shape index (κ3) is 31.0. The molecule has 0 rings (SSSR count). The molecule has 40 heavy (non-hydrogen) atoms. The maximum Gasteiger partial charge on any atom is 0.306 e. The van der Waals surface area contributed by atoms with E-state index in [9.17, 15) is 14.7 Å². The van der Waals surface area contributed by atoms with Crippen molar-refractivity contribution in [2.45, 2.75) is 193 Å². The molecule has 0 aliphatic carbocycles. The van der Waals surface area contributed by atoms with Crippen LogP contribution in [-0.2, 0) is 14.3 Å². The Bertz CT molecular complexity index is 610. The van der Waals surface area contributed by atoms with Crippen molar-refractivity contribution in [1.82, 2.24) is 0 Å². The summed E-state index contributed by atoms with van der Waals surface area (Å²) in [4.78, 5) is 22.9. The average molecular weight is 562 g/mol. The van der Waals surface area contributed by atoms with Crippen molar-refractivity contribution in [3.8, 4) is 0 Å². The van der Waals surface area contributed by atoms with Crippen LogP contribution in [0.15, 0.2) is 24.3 Å². The maximum absolute atomic E-state index is 12.5. The van der Waals surface area contributed by atoms with Crippen LogP contribution in [0.3, 0.4) is 0 Å². The minimum Gasteiger partial charge on any atom is -0.550 e. The minimum atomic E-state index is -0.944. The first-order valence-electron chi connectivity index (χ1n) is 17.3. The molecular weight excluding hydrogens is 496 g/mol. The SMILES string of the molecule is CCCCCCCC/C=C\CCCCCCCC(=O)O[C@@H](C/C=C\CCCCCCCC(=O)[O-])CCCCCC. The molecule has 0 aliphatic rings. The zero-order chi connectivity index (χ0) is 29.4. The van der Waals surface area contributed by atoms with Crippen LogP contribution in [0, 0.1) is 0 Å². The number of unbranched alkanes of at least 4 members (excludes halogenated alkanes) is 19. The van der Waals surface area contributed by atoms with Gasteiger partial charge in [-0.2, -0.15) is 0 Å². The van der Waals surface area contributed by atoms with Crippen molar-refractivity contribution in [1.29, 1.82) is 0 Å². The first-order chi connectivity index (χ1) is 19.6. The quantitative estimate of drug-likeness (QED) is 0.0479. The third-order valence-electron chi connectivity index (χ3n) is 7.64. The Hall–Kier alpha value is -1.58. The van der Waals surface area contributed by atoms with Crippen molar-refractivity contribution >= 4 is 11.9 Å². The Labute approximate surface area is 248 Å². The van der Waals surface area contributed by atoms with Gasteiger partial charge in [-0.1, -0.05) is 128 Å². The normalized spacial score (nSPS) is 12.4. The van der Waals surface area contributed by atoms with Gasteiger partial charge in [0.25, 0.3) is 0 Å². The first kappa shape index (κ1) is 38.4. The van der Waals surface area contributed by atoms with Crippen LogP contribution in [0.2, 0.25) is 0 Å². The highest BCUT2D eigenvalue weighted by Crippen LogP contribution is 2.16. The zero-order valence-electron chi connectivity index (χ0n) is 26.6. The van der Waals surface area contributed by atoms with Gasteiger partial charge >= 0.3 is 5.97 Å². The van der Waals surface area contributed by atoms with E-state index in [-0.39, 0.29) is 18.5 Å². The van der Waals surface area contributed by atoms with Gasteiger partial charge in [0.1, 0.15) is 6.10 Å². The van der Waals surface area contributed by atoms with Gasteiger partial charge in [-0.15, -0.1) is 0 Å². The molecule has 0 radical (unpaired) electrons. The monoisotopic (exact) mass is 561 g/mol. The topological polar surface area (TPSA) is 66.4 Å². The van der Waals surface area contributed by atoms with E-state index in [1.807, 2.05) is 0 Å². The van der Waals surface area contributed by atoms with Crippen LogP contribution in [-0.4, -0.2) is 18.0 Å². The Morgan fingerprint density at radius 2 is 0.975 bits per heavy atom. The molecule has 1 atom stereocenters. The van der Waals surface area contributed by atoms with Crippen LogP contribution in [0.5, 0.6) is 0 Å². The third-order valence-corrected chi connectivity index (χ3v) is 7.64. The molecule has 0 saturated heterocycles. The van der Waals surface area contributed by atoms with Gasteiger partial charge in [-0.3, -0.25) is 4.79 Å². The number of esters is 1. The molecule has 234 valence electrons. The highest BCUT2D eigenvalue weighted by atomic mass is 16.5. The lowest BCUT2D eigenvalue weighted by Crippen LogP contribution is -2.21. The predicted molar refractivity (Wildman–Crippen MR) is 169 cm³/mol. The molecule has 0 aromatic carbocycles. The highest BCUT2D eigenvalue weighted by Gasteiger charge is 2.13. The summed E-state index contributed by atoms with van der Waals surface area (Å²) < 4.78 is 5.89. The molecule has 4 heteroatoms. The number of carbonyl (C=O) groups is 2. The molecule has 0 aliphatic heterocycles. The number of ether oxygens (including phenoxy) is 1. The first-order valence-corrected chi connectivity index (χ1v) is 17.3. The largest absolute Gasteiger partial charge is 0.550 e. The molecule has 0 unspecified atom stereocenters. The lowest BCUT2D eigenvalue weighted by Gasteiger charge is -2.16. The summed E-state index contributed by atoms with van der Waals surface area (Å²) in [6, 6.07) is 0. The van der Waals surface area contributed by atoms with Crippen LogP contribution >= 0.6 is 0 Å². The van der Waals surface area contributed by atoms with Crippen LogP contribution in [0.1, 0.15) is 187 Å². The molecule has 0 aromatic heterocycles. The second-order valence-corrected chi connectivity index (χ2v) is 11.7. The molecule has 0 heterocycles. The number of hydrogen-bond acceptors (Lipinski definition) is 4. The van der Waals surface area contributed by atoms with Crippen LogP contribution < -0.4 is 5.11 Å². The number of carboxylic acids is 1. The van der Waals surface area contributed by atoms with Crippen molar-refractivity contribution in [3.63, 3.8) is 0 Å². The van der Waals surface area contributed by atoms with Gasteiger partial charge in [0, 0.05) is 18.8 Å². The molecule has 4 nitrogen and oxygen atoms in total. The number of carboxylic acid groups (broad SMARTS) is 1. The summed E-state index contributed by atoms with van der Waals surface area (Å²) in [6.45, 7) is 4.49. The van der Waals surface area contributed by atoms with Crippen molar-refractivity contribution in [3.05, 3.63) is 24.3 Å². The Morgan fingerprint density at radius 1 is 0.550 bits per heavy atom. The van der Waals surface area contributed by atoms with E-state index in [0.29, 0.717) is 6.42 Å². The van der Waals surface area contributed by atoms with Gasteiger partial charge in [0.2, 0.25) is 0 Å². The van der Waals surface area contributed by atoms with E-state index in [1.54, 1.807) is 0 Å². The maximum atomic E-state index is 12.5. The summed E-state index contributed by atoms with van der Waals surface area (Å²) in [5.41, 5.74) is 0. The molecular formula is C36H65O4-. The van der Waals surface area contributed by atoms with Gasteiger partial charge in [0.05, 0.1) is 0 Å². The van der Waals surface area contributed by atoms with E-state index >= 15 is 0 Å². The molecule has 0 N–H and O–H groups in total. The van der Waals surface area contributed by atoms with Crippen LogP contribution in [0.25, 0.3) is 0 Å². The Kier molecular flexibility index (Phi) is 30.7. The standard InChI is InChI=1S/C36H66O4/c1-3-5-7-9-10-11-12-13-14-15-16-17-22-25-29-33-36(39)40-34(30-26-8-6-4-2)31-27-23-20-18-19-21-24-28-32-35(37)38/h13-14,23,27,34H,3-12,15-22,24-26,28-33H2,1-2H3,(H,37,38)/p-1/b14-13-,27-23-/t34-/m1/s1. The lowest BCUT2D eigenvalue weighted by molar-refractivity contribution is -0.305. The smallest absolute Gasteiger partial charge is 0.306 e. The summed E-state index contributed by atoms with van der Waals surface area (Å²) >= 11 is 0. The Balaban J connectivity index is 3.91. The summed E-state index contributed by atoms with van der Waals surface area (Å²) in [6.07, 6.45) is 38.9. The number of allylic oxidation sites excluding steroid dienone is 3. The minimum absolute atomic E-state index is 0.00774. The molecule has 0 spiro atoms. The summed E-state index contributed by atoms with van der Waals surface area (Å²) in [5.74, 6) is -0.969. The highest BCUT2D eigenvalue weighted by molar-refractivity contribution is 5.69. The van der Waals surface area contributed by atoms with E-state index in [1.165, 1.54) is 89.9 Å². The average Bonchev–Trinajstić information content (AvgIpc) is 2.93. The number of rotatable bonds is 31. The molecule has 0 aromatic rings. The fourth-order valence-electron chi connectivity index (χ4n) is 5.04. The van der Waals surface area contributed by atoms with Gasteiger partial charge in [0.15, 0.2) is 0 Å². The van der Waals surface area contributed by atoms with E-state index in [2.05, 4.69) is 38.2 Å².